The van der Waals surface area contributed by atoms with Gasteiger partial charge in [-0.25, -0.2) is 9.59 Å². The molecule has 6 rings (SSSR count). The number of cyclic esters (lactones) is 1. The molecule has 1 spiro atoms. The summed E-state index contributed by atoms with van der Waals surface area (Å²) < 4.78 is 40.4. The van der Waals surface area contributed by atoms with Crippen LogP contribution in [0.25, 0.3) is 0 Å². The number of hydrogen-bond donors (Lipinski definition) is 2. The highest BCUT2D eigenvalue weighted by Gasteiger charge is 3.01. The van der Waals surface area contributed by atoms with E-state index < -0.39 is 98.8 Å². The monoisotopic (exact) mass is 632 g/mol. The van der Waals surface area contributed by atoms with Gasteiger partial charge < -0.3 is 43.1 Å². The lowest BCUT2D eigenvalue weighted by atomic mass is 9.43. The van der Waals surface area contributed by atoms with E-state index in [9.17, 15) is 34.2 Å². The van der Waals surface area contributed by atoms with Crippen molar-refractivity contribution in [3.8, 4) is 0 Å². The molecule has 11 atom stereocenters. The van der Waals surface area contributed by atoms with E-state index in [1.54, 1.807) is 6.92 Å². The minimum atomic E-state index is -2.85. The molecule has 0 radical (unpaired) electrons. The number of ether oxygens (including phenoxy) is 6. The fraction of sp³-hybridized carbons (Fsp3) is 0.645. The van der Waals surface area contributed by atoms with Gasteiger partial charge in [0.2, 0.25) is 11.6 Å². The van der Waals surface area contributed by atoms with Gasteiger partial charge in [-0.15, -0.1) is 0 Å². The standard InChI is InChI=1S/C31H36O14/c1-14(32)41-18-19-26(5,11-9-17(34)39-8)29(37)24(36)25(3,4)45-31(29,38)28(19,7)30-22(44-30)23(35)43-20(16-10-12-40-13-16)27(30,6)21(18)42-15(2)33/h9-13,18-22,37-38H,1-8H3/b11-9-/t18?,19?,20-,21+,22-,26+,27+,28+,29-,30+,31-/m0/s1. The highest BCUT2D eigenvalue weighted by molar-refractivity contribution is 6.00. The molecular formula is C31H36O14. The van der Waals surface area contributed by atoms with Crippen LogP contribution < -0.4 is 0 Å². The second-order valence-corrected chi connectivity index (χ2v) is 13.6. The van der Waals surface area contributed by atoms with Gasteiger partial charge >= 0.3 is 23.9 Å². The lowest BCUT2D eigenvalue weighted by Gasteiger charge is -2.63. The first kappa shape index (κ1) is 31.4. The van der Waals surface area contributed by atoms with Crippen molar-refractivity contribution in [1.82, 2.24) is 0 Å². The number of furan rings is 1. The highest BCUT2D eigenvalue weighted by Crippen LogP contribution is 2.85. The number of aliphatic hydroxyl groups is 2. The zero-order valence-corrected chi connectivity index (χ0v) is 26.1. The molecule has 45 heavy (non-hydrogen) atoms. The Morgan fingerprint density at radius 2 is 1.62 bits per heavy atom. The number of fused-ring (bicyclic) bond motifs is 3. The molecule has 244 valence electrons. The van der Waals surface area contributed by atoms with Gasteiger partial charge in [0, 0.05) is 36.8 Å². The van der Waals surface area contributed by atoms with E-state index in [2.05, 4.69) is 0 Å². The maximum atomic E-state index is 14.3. The minimum absolute atomic E-state index is 0.331. The Morgan fingerprint density at radius 3 is 2.18 bits per heavy atom. The molecule has 2 N–H and O–H groups in total. The predicted octanol–water partition coefficient (Wildman–Crippen LogP) is 1.07. The number of epoxide rings is 1. The smallest absolute Gasteiger partial charge is 0.339 e. The van der Waals surface area contributed by atoms with E-state index in [4.69, 9.17) is 32.8 Å². The Bertz CT molecular complexity index is 1550. The largest absolute Gasteiger partial charge is 0.472 e. The van der Waals surface area contributed by atoms with E-state index in [1.807, 2.05) is 0 Å². The van der Waals surface area contributed by atoms with Crippen molar-refractivity contribution >= 4 is 29.7 Å². The summed E-state index contributed by atoms with van der Waals surface area (Å²) in [5, 5.41) is 25.7. The average Bonchev–Trinajstić information content (AvgIpc) is 3.44. The van der Waals surface area contributed by atoms with Crippen LogP contribution >= 0.6 is 0 Å². The maximum Gasteiger partial charge on any atom is 0.339 e. The molecule has 14 heteroatoms. The van der Waals surface area contributed by atoms with Crippen molar-refractivity contribution in [2.24, 2.45) is 22.2 Å². The molecule has 2 aliphatic carbocycles. The van der Waals surface area contributed by atoms with E-state index >= 15 is 0 Å². The lowest BCUT2D eigenvalue weighted by Crippen LogP contribution is -2.77. The van der Waals surface area contributed by atoms with Crippen molar-refractivity contribution in [3.05, 3.63) is 36.3 Å². The second kappa shape index (κ2) is 9.02. The number of rotatable bonds is 5. The minimum Gasteiger partial charge on any atom is -0.472 e. The molecule has 4 heterocycles. The van der Waals surface area contributed by atoms with Crippen LogP contribution in [-0.4, -0.2) is 87.9 Å². The second-order valence-electron chi connectivity index (χ2n) is 13.6. The molecular weight excluding hydrogens is 596 g/mol. The molecule has 1 aromatic rings. The van der Waals surface area contributed by atoms with Gasteiger partial charge in [0.1, 0.15) is 23.4 Å². The molecule has 14 nitrogen and oxygen atoms in total. The van der Waals surface area contributed by atoms with Crippen molar-refractivity contribution < 1.29 is 67.0 Å². The third-order valence-electron chi connectivity index (χ3n) is 11.1. The molecule has 0 amide bonds. The molecule has 2 saturated carbocycles. The fourth-order valence-corrected chi connectivity index (χ4v) is 9.52. The summed E-state index contributed by atoms with van der Waals surface area (Å²) in [5.74, 6) is -8.53. The molecule has 1 aromatic heterocycles. The van der Waals surface area contributed by atoms with E-state index in [-0.39, 0.29) is 0 Å². The summed E-state index contributed by atoms with van der Waals surface area (Å²) in [4.78, 5) is 66.0. The van der Waals surface area contributed by atoms with E-state index in [0.29, 0.717) is 5.56 Å². The van der Waals surface area contributed by atoms with Gasteiger partial charge in [-0.2, -0.15) is 0 Å². The summed E-state index contributed by atoms with van der Waals surface area (Å²) in [6, 6.07) is 1.53. The van der Waals surface area contributed by atoms with Crippen LogP contribution in [0.1, 0.15) is 60.1 Å². The summed E-state index contributed by atoms with van der Waals surface area (Å²) in [6.07, 6.45) is -0.887. The van der Waals surface area contributed by atoms with Gasteiger partial charge in [-0.3, -0.25) is 14.4 Å². The first-order valence-electron chi connectivity index (χ1n) is 14.5. The van der Waals surface area contributed by atoms with Gasteiger partial charge in [0.05, 0.1) is 30.5 Å². The highest BCUT2D eigenvalue weighted by atomic mass is 16.7. The Morgan fingerprint density at radius 1 is 0.978 bits per heavy atom. The normalized spacial score (nSPS) is 47.2. The quantitative estimate of drug-likeness (QED) is 0.202. The number of carbonyl (C=O) groups excluding carboxylic acids is 5. The first-order valence-corrected chi connectivity index (χ1v) is 14.5. The van der Waals surface area contributed by atoms with Crippen LogP contribution in [0.4, 0.5) is 0 Å². The van der Waals surface area contributed by atoms with Crippen molar-refractivity contribution in [2.45, 2.75) is 95.5 Å². The zero-order valence-electron chi connectivity index (χ0n) is 26.1. The van der Waals surface area contributed by atoms with Crippen LogP contribution in [0.3, 0.4) is 0 Å². The molecule has 5 fully saturated rings. The van der Waals surface area contributed by atoms with Crippen LogP contribution in [0.5, 0.6) is 0 Å². The first-order chi connectivity index (χ1) is 20.8. The van der Waals surface area contributed by atoms with Crippen LogP contribution in [-0.2, 0) is 52.4 Å². The maximum absolute atomic E-state index is 14.3. The topological polar surface area (TPSA) is 198 Å². The summed E-state index contributed by atoms with van der Waals surface area (Å²) in [6.45, 7) is 9.44. The molecule has 2 unspecified atom stereocenters. The molecule has 5 aliphatic rings. The number of Topliss-reactive ketones (excluding diaryl/α,β-unsaturated/α-hetero) is 1. The third-order valence-corrected chi connectivity index (χ3v) is 11.1. The summed E-state index contributed by atoms with van der Waals surface area (Å²) >= 11 is 0. The number of ketones is 1. The fourth-order valence-electron chi connectivity index (χ4n) is 9.52. The molecule has 0 bridgehead atoms. The van der Waals surface area contributed by atoms with E-state index in [1.165, 1.54) is 52.4 Å². The number of carbonyl (C=O) groups is 5. The number of hydrogen-bond acceptors (Lipinski definition) is 14. The van der Waals surface area contributed by atoms with E-state index in [0.717, 1.165) is 27.0 Å². The predicted molar refractivity (Wildman–Crippen MR) is 145 cm³/mol. The van der Waals surface area contributed by atoms with Gasteiger partial charge in [-0.05, 0) is 26.8 Å². The molecule has 0 aromatic carbocycles. The van der Waals surface area contributed by atoms with Crippen LogP contribution in [0.2, 0.25) is 0 Å². The lowest BCUT2D eigenvalue weighted by molar-refractivity contribution is -0.356. The van der Waals surface area contributed by atoms with Crippen molar-refractivity contribution in [3.63, 3.8) is 0 Å². The third kappa shape index (κ3) is 3.25. The summed E-state index contributed by atoms with van der Waals surface area (Å²) in [5.41, 5.74) is -11.9. The molecule has 3 aliphatic heterocycles. The SMILES string of the molecule is COC(=O)/C=C\[C@]1(C)C2C(OC(C)=O)[C@@H](OC(C)=O)[C@@]3(C)[C@H](c4ccoc4)OC(=O)[C@@H]4O[C@]43[C@]2(C)[C@]2(O)OC(C)(C)C(=O)[C@@]21O. The van der Waals surface area contributed by atoms with Gasteiger partial charge in [0.25, 0.3) is 0 Å². The average molecular weight is 633 g/mol. The van der Waals surface area contributed by atoms with Gasteiger partial charge in [-0.1, -0.05) is 19.9 Å². The Hall–Kier alpha value is -3.59. The number of methoxy groups -OCH3 is 1. The molecule has 3 saturated heterocycles. The van der Waals surface area contributed by atoms with Crippen LogP contribution in [0, 0.1) is 22.2 Å². The van der Waals surface area contributed by atoms with Crippen LogP contribution in [0.15, 0.2) is 35.2 Å². The van der Waals surface area contributed by atoms with Crippen molar-refractivity contribution in [1.29, 1.82) is 0 Å². The zero-order chi connectivity index (χ0) is 33.3. The summed E-state index contributed by atoms with van der Waals surface area (Å²) in [7, 11) is 1.13. The van der Waals surface area contributed by atoms with Gasteiger partial charge in [0.15, 0.2) is 17.8 Å². The Labute approximate surface area is 257 Å². The number of esters is 4. The van der Waals surface area contributed by atoms with Crippen molar-refractivity contribution in [2.75, 3.05) is 7.11 Å². The Kier molecular flexibility index (Phi) is 6.29. The Balaban J connectivity index is 1.76.